The highest BCUT2D eigenvalue weighted by Crippen LogP contribution is 2.14. The van der Waals surface area contributed by atoms with E-state index in [0.717, 1.165) is 18.0 Å². The van der Waals surface area contributed by atoms with Crippen LogP contribution in [0.25, 0.3) is 0 Å². The highest BCUT2D eigenvalue weighted by atomic mass is 28.3. The molecule has 0 bridgehead atoms. The Bertz CT molecular complexity index is 501. The molecule has 0 atom stereocenters. The number of allylic oxidation sites excluding steroid dienone is 2. The summed E-state index contributed by atoms with van der Waals surface area (Å²) in [7, 11) is -1.39. The minimum absolute atomic E-state index is 0.246. The fourth-order valence-electron chi connectivity index (χ4n) is 2.19. The van der Waals surface area contributed by atoms with Crippen LogP contribution < -0.4 is 0 Å². The molecule has 3 heteroatoms. The summed E-state index contributed by atoms with van der Waals surface area (Å²) in [6, 6.07) is 11.8. The van der Waals surface area contributed by atoms with Gasteiger partial charge in [0.1, 0.15) is 0 Å². The van der Waals surface area contributed by atoms with E-state index in [1.165, 1.54) is 5.56 Å². The molecule has 0 N–H and O–H groups in total. The first-order valence-corrected chi connectivity index (χ1v) is 10.8. The van der Waals surface area contributed by atoms with Gasteiger partial charge in [-0.15, -0.1) is 0 Å². The van der Waals surface area contributed by atoms with Crippen LogP contribution in [0.2, 0.25) is 13.1 Å². The second-order valence-electron chi connectivity index (χ2n) is 6.00. The van der Waals surface area contributed by atoms with Gasteiger partial charge in [-0.2, -0.15) is 0 Å². The minimum atomic E-state index is -1.39. The van der Waals surface area contributed by atoms with Gasteiger partial charge in [-0.05, 0) is 26.3 Å². The molecule has 114 valence electrons. The van der Waals surface area contributed by atoms with E-state index in [4.69, 9.17) is 4.74 Å². The third-order valence-electron chi connectivity index (χ3n) is 3.16. The summed E-state index contributed by atoms with van der Waals surface area (Å²) in [6.45, 7) is 8.93. The maximum Gasteiger partial charge on any atom is 0.330 e. The van der Waals surface area contributed by atoms with E-state index in [-0.39, 0.29) is 5.97 Å². The SMILES string of the molecule is CCOC(=O)/C=C(\C)C/C=C/[Si](C)(C)Cc1ccccc1. The predicted octanol–water partition coefficient (Wildman–Crippen LogP) is 4.47. The van der Waals surface area contributed by atoms with Gasteiger partial charge in [0.2, 0.25) is 0 Å². The van der Waals surface area contributed by atoms with E-state index in [0.29, 0.717) is 6.61 Å². The van der Waals surface area contributed by atoms with Crippen LogP contribution in [0.1, 0.15) is 25.8 Å². The molecule has 1 aromatic carbocycles. The van der Waals surface area contributed by atoms with Gasteiger partial charge in [-0.3, -0.25) is 0 Å². The van der Waals surface area contributed by atoms with Gasteiger partial charge in [0.25, 0.3) is 0 Å². The summed E-state index contributed by atoms with van der Waals surface area (Å²) in [6.07, 6.45) is 4.59. The van der Waals surface area contributed by atoms with Crippen molar-refractivity contribution < 1.29 is 9.53 Å². The first-order valence-electron chi connectivity index (χ1n) is 7.48. The van der Waals surface area contributed by atoms with E-state index in [9.17, 15) is 4.79 Å². The Labute approximate surface area is 129 Å². The van der Waals surface area contributed by atoms with Crippen molar-refractivity contribution in [3.63, 3.8) is 0 Å². The lowest BCUT2D eigenvalue weighted by molar-refractivity contribution is -0.137. The Morgan fingerprint density at radius 2 is 1.90 bits per heavy atom. The van der Waals surface area contributed by atoms with Crippen LogP contribution in [-0.4, -0.2) is 20.7 Å². The Hall–Kier alpha value is -1.61. The number of esters is 1. The summed E-state index contributed by atoms with van der Waals surface area (Å²) < 4.78 is 4.91. The maximum atomic E-state index is 11.3. The Balaban J connectivity index is 2.53. The molecule has 0 spiro atoms. The zero-order chi connectivity index (χ0) is 15.7. The zero-order valence-corrected chi connectivity index (χ0v) is 14.6. The molecule has 0 fully saturated rings. The highest BCUT2D eigenvalue weighted by Gasteiger charge is 2.16. The lowest BCUT2D eigenvalue weighted by atomic mass is 10.2. The van der Waals surface area contributed by atoms with Crippen molar-refractivity contribution in [3.05, 3.63) is 59.3 Å². The lowest BCUT2D eigenvalue weighted by Crippen LogP contribution is -2.26. The molecule has 0 aliphatic carbocycles. The molecule has 21 heavy (non-hydrogen) atoms. The zero-order valence-electron chi connectivity index (χ0n) is 13.6. The molecule has 0 aromatic heterocycles. The third kappa shape index (κ3) is 7.66. The van der Waals surface area contributed by atoms with E-state index in [1.807, 2.05) is 13.8 Å². The van der Waals surface area contributed by atoms with Gasteiger partial charge in [-0.1, -0.05) is 66.3 Å². The van der Waals surface area contributed by atoms with E-state index < -0.39 is 8.07 Å². The Morgan fingerprint density at radius 3 is 2.52 bits per heavy atom. The van der Waals surface area contributed by atoms with Crippen molar-refractivity contribution in [2.24, 2.45) is 0 Å². The number of hydrogen-bond acceptors (Lipinski definition) is 2. The second kappa shape index (κ2) is 8.62. The smallest absolute Gasteiger partial charge is 0.330 e. The van der Waals surface area contributed by atoms with Gasteiger partial charge in [0, 0.05) is 6.08 Å². The molecule has 0 aliphatic heterocycles. The van der Waals surface area contributed by atoms with Crippen molar-refractivity contribution in [2.75, 3.05) is 6.61 Å². The van der Waals surface area contributed by atoms with Crippen LogP contribution in [0.5, 0.6) is 0 Å². The maximum absolute atomic E-state index is 11.3. The summed E-state index contributed by atoms with van der Waals surface area (Å²) in [5.74, 6) is -0.246. The standard InChI is InChI=1S/C18H26O2Si/c1-5-20-18(19)14-16(2)10-9-13-21(3,4)15-17-11-7-6-8-12-17/h6-9,11-14H,5,10,15H2,1-4H3/b13-9+,16-14+. The predicted molar refractivity (Wildman–Crippen MR) is 91.8 cm³/mol. The van der Waals surface area contributed by atoms with Crippen molar-refractivity contribution in [2.45, 2.75) is 39.4 Å². The summed E-state index contributed by atoms with van der Waals surface area (Å²) in [4.78, 5) is 11.3. The molecule has 0 heterocycles. The quantitative estimate of drug-likeness (QED) is 0.422. The summed E-state index contributed by atoms with van der Waals surface area (Å²) in [5.41, 5.74) is 4.80. The Kier molecular flexibility index (Phi) is 7.16. The molecule has 0 unspecified atom stereocenters. The number of benzene rings is 1. The molecule has 1 rings (SSSR count). The van der Waals surface area contributed by atoms with Gasteiger partial charge < -0.3 is 4.74 Å². The van der Waals surface area contributed by atoms with Crippen LogP contribution in [0, 0.1) is 0 Å². The van der Waals surface area contributed by atoms with Crippen molar-refractivity contribution in [1.29, 1.82) is 0 Å². The molecule has 0 amide bonds. The molecule has 1 aromatic rings. The van der Waals surface area contributed by atoms with Crippen molar-refractivity contribution in [1.82, 2.24) is 0 Å². The van der Waals surface area contributed by atoms with Gasteiger partial charge >= 0.3 is 5.97 Å². The molecule has 0 saturated heterocycles. The molecule has 0 aliphatic rings. The van der Waals surface area contributed by atoms with Crippen LogP contribution in [0.15, 0.2) is 53.8 Å². The van der Waals surface area contributed by atoms with E-state index in [1.54, 1.807) is 6.08 Å². The van der Waals surface area contributed by atoms with Crippen LogP contribution in [0.4, 0.5) is 0 Å². The number of rotatable bonds is 7. The van der Waals surface area contributed by atoms with Crippen molar-refractivity contribution in [3.8, 4) is 0 Å². The molecule has 0 radical (unpaired) electrons. The topological polar surface area (TPSA) is 26.3 Å². The highest BCUT2D eigenvalue weighted by molar-refractivity contribution is 6.81. The fraction of sp³-hybridized carbons (Fsp3) is 0.389. The first-order chi connectivity index (χ1) is 9.93. The number of carbonyl (C=O) groups excluding carboxylic acids is 1. The number of ether oxygens (including phenoxy) is 1. The molecule has 0 saturated carbocycles. The average Bonchev–Trinajstić information content (AvgIpc) is 2.39. The lowest BCUT2D eigenvalue weighted by Gasteiger charge is -2.17. The van der Waals surface area contributed by atoms with Gasteiger partial charge in [-0.25, -0.2) is 4.79 Å². The fourth-order valence-corrected chi connectivity index (χ4v) is 4.35. The van der Waals surface area contributed by atoms with Crippen LogP contribution >= 0.6 is 0 Å². The van der Waals surface area contributed by atoms with Crippen LogP contribution in [0.3, 0.4) is 0 Å². The molecular formula is C18H26O2Si. The normalized spacial score (nSPS) is 12.7. The molecule has 2 nitrogen and oxygen atoms in total. The van der Waals surface area contributed by atoms with Gasteiger partial charge in [0.05, 0.1) is 14.7 Å². The van der Waals surface area contributed by atoms with Crippen molar-refractivity contribution >= 4 is 14.0 Å². The third-order valence-corrected chi connectivity index (χ3v) is 5.62. The molecular weight excluding hydrogens is 276 g/mol. The number of hydrogen-bond donors (Lipinski definition) is 0. The van der Waals surface area contributed by atoms with E-state index >= 15 is 0 Å². The Morgan fingerprint density at radius 1 is 1.24 bits per heavy atom. The monoisotopic (exact) mass is 302 g/mol. The largest absolute Gasteiger partial charge is 0.463 e. The number of carbonyl (C=O) groups is 1. The van der Waals surface area contributed by atoms with E-state index in [2.05, 4.69) is 55.2 Å². The summed E-state index contributed by atoms with van der Waals surface area (Å²) >= 11 is 0. The van der Waals surface area contributed by atoms with Crippen LogP contribution in [-0.2, 0) is 15.6 Å². The average molecular weight is 302 g/mol. The second-order valence-corrected chi connectivity index (χ2v) is 10.7. The first kappa shape index (κ1) is 17.4. The van der Waals surface area contributed by atoms with Gasteiger partial charge in [0.15, 0.2) is 0 Å². The summed E-state index contributed by atoms with van der Waals surface area (Å²) in [5, 5.41) is 0. The minimum Gasteiger partial charge on any atom is -0.463 e.